The van der Waals surface area contributed by atoms with Crippen molar-refractivity contribution < 1.29 is 9.18 Å². The van der Waals surface area contributed by atoms with Gasteiger partial charge in [0.05, 0.1) is 11.2 Å². The molecule has 4 aromatic rings. The third-order valence-corrected chi connectivity index (χ3v) is 4.40. The highest BCUT2D eigenvalue weighted by molar-refractivity contribution is 5.94. The number of fused-ring (bicyclic) bond motifs is 1. The van der Waals surface area contributed by atoms with Crippen LogP contribution in [0.1, 0.15) is 18.1 Å². The van der Waals surface area contributed by atoms with E-state index in [0.717, 1.165) is 39.0 Å². The van der Waals surface area contributed by atoms with Crippen molar-refractivity contribution in [1.82, 2.24) is 10.2 Å². The minimum atomic E-state index is -0.267. The smallest absolute Gasteiger partial charge is 0.221 e. The largest absolute Gasteiger partial charge is 0.326 e. The molecule has 4 rings (SSSR count). The molecule has 0 atom stereocenters. The number of anilines is 1. The molecular formula is C23H18FN3O. The minimum absolute atomic E-state index is 0.0892. The Morgan fingerprint density at radius 2 is 1.64 bits per heavy atom. The summed E-state index contributed by atoms with van der Waals surface area (Å²) < 4.78 is 13.2. The van der Waals surface area contributed by atoms with E-state index < -0.39 is 0 Å². The molecule has 1 amide bonds. The van der Waals surface area contributed by atoms with Crippen molar-refractivity contribution in [3.63, 3.8) is 0 Å². The van der Waals surface area contributed by atoms with E-state index in [9.17, 15) is 9.18 Å². The molecule has 4 nitrogen and oxygen atoms in total. The van der Waals surface area contributed by atoms with Crippen LogP contribution in [-0.2, 0) is 4.79 Å². The van der Waals surface area contributed by atoms with Gasteiger partial charge in [0.2, 0.25) is 5.91 Å². The Balaban J connectivity index is 1.60. The van der Waals surface area contributed by atoms with Crippen LogP contribution < -0.4 is 5.32 Å². The molecule has 0 saturated carbocycles. The molecule has 0 saturated heterocycles. The maximum Gasteiger partial charge on any atom is 0.221 e. The number of carbonyl (C=O) groups is 1. The lowest BCUT2D eigenvalue weighted by atomic mass is 10.0. The Morgan fingerprint density at radius 1 is 0.964 bits per heavy atom. The number of nitrogens with zero attached hydrogens (tertiary/aromatic N) is 1. The summed E-state index contributed by atoms with van der Waals surface area (Å²) in [6.07, 6.45) is 4.03. The first-order valence-corrected chi connectivity index (χ1v) is 8.88. The van der Waals surface area contributed by atoms with E-state index >= 15 is 0 Å². The van der Waals surface area contributed by atoms with Crippen molar-refractivity contribution in [2.45, 2.75) is 6.92 Å². The monoisotopic (exact) mass is 371 g/mol. The van der Waals surface area contributed by atoms with Gasteiger partial charge in [-0.15, -0.1) is 0 Å². The summed E-state index contributed by atoms with van der Waals surface area (Å²) in [6.45, 7) is 1.49. The van der Waals surface area contributed by atoms with Crippen LogP contribution in [0.25, 0.3) is 34.3 Å². The molecule has 1 heterocycles. The van der Waals surface area contributed by atoms with E-state index in [1.54, 1.807) is 12.1 Å². The predicted molar refractivity (Wildman–Crippen MR) is 111 cm³/mol. The average Bonchev–Trinajstić information content (AvgIpc) is 3.11. The van der Waals surface area contributed by atoms with E-state index in [0.29, 0.717) is 0 Å². The zero-order chi connectivity index (χ0) is 19.5. The molecular weight excluding hydrogens is 353 g/mol. The molecule has 0 aliphatic heterocycles. The lowest BCUT2D eigenvalue weighted by molar-refractivity contribution is -0.114. The fraction of sp³-hybridized carbons (Fsp3) is 0.0435. The van der Waals surface area contributed by atoms with Crippen LogP contribution in [0, 0.1) is 5.82 Å². The van der Waals surface area contributed by atoms with E-state index in [1.165, 1.54) is 19.1 Å². The first-order valence-electron chi connectivity index (χ1n) is 8.88. The van der Waals surface area contributed by atoms with Gasteiger partial charge in [0.1, 0.15) is 5.82 Å². The summed E-state index contributed by atoms with van der Waals surface area (Å²) in [5, 5.41) is 11.1. The summed E-state index contributed by atoms with van der Waals surface area (Å²) in [6, 6.07) is 20.0. The number of carbonyl (C=O) groups excluding carboxylic acids is 1. The Bertz CT molecular complexity index is 1160. The van der Waals surface area contributed by atoms with Crippen molar-refractivity contribution in [3.05, 3.63) is 83.7 Å². The fourth-order valence-corrected chi connectivity index (χ4v) is 3.04. The standard InChI is InChI=1S/C23H18FN3O/c1-15(28)25-20-11-4-16(5-12-20)2-3-17-6-13-22-21(14-17)23(27-26-22)18-7-9-19(24)10-8-18/h2-14H,1H3,(H,25,28)(H,26,27). The van der Waals surface area contributed by atoms with Gasteiger partial charge in [-0.3, -0.25) is 9.89 Å². The van der Waals surface area contributed by atoms with Crippen LogP contribution in [0.3, 0.4) is 0 Å². The topological polar surface area (TPSA) is 57.8 Å². The second-order valence-corrected chi connectivity index (χ2v) is 6.52. The molecule has 28 heavy (non-hydrogen) atoms. The van der Waals surface area contributed by atoms with Gasteiger partial charge in [-0.25, -0.2) is 4.39 Å². The summed E-state index contributed by atoms with van der Waals surface area (Å²) in [4.78, 5) is 11.1. The zero-order valence-corrected chi connectivity index (χ0v) is 15.2. The molecule has 5 heteroatoms. The lowest BCUT2D eigenvalue weighted by Crippen LogP contribution is -2.05. The minimum Gasteiger partial charge on any atom is -0.326 e. The van der Waals surface area contributed by atoms with Crippen molar-refractivity contribution >= 4 is 34.6 Å². The van der Waals surface area contributed by atoms with Crippen molar-refractivity contribution in [1.29, 1.82) is 0 Å². The summed E-state index contributed by atoms with van der Waals surface area (Å²) in [5.41, 5.74) is 5.42. The highest BCUT2D eigenvalue weighted by Crippen LogP contribution is 2.27. The van der Waals surface area contributed by atoms with Crippen LogP contribution in [0.4, 0.5) is 10.1 Å². The SMILES string of the molecule is CC(=O)Nc1ccc(C=Cc2ccc3[nH]nc(-c4ccc(F)cc4)c3c2)cc1. The maximum atomic E-state index is 13.2. The number of aromatic nitrogens is 2. The van der Waals surface area contributed by atoms with E-state index in [-0.39, 0.29) is 11.7 Å². The van der Waals surface area contributed by atoms with Crippen molar-refractivity contribution in [2.75, 3.05) is 5.32 Å². The lowest BCUT2D eigenvalue weighted by Gasteiger charge is -2.02. The number of halogens is 1. The quantitative estimate of drug-likeness (QED) is 0.466. The van der Waals surface area contributed by atoms with Gasteiger partial charge in [-0.05, 0) is 59.7 Å². The average molecular weight is 371 g/mol. The summed E-state index contributed by atoms with van der Waals surface area (Å²) in [5.74, 6) is -0.356. The van der Waals surface area contributed by atoms with Gasteiger partial charge in [-0.2, -0.15) is 5.10 Å². The number of rotatable bonds is 4. The van der Waals surface area contributed by atoms with Crippen LogP contribution in [-0.4, -0.2) is 16.1 Å². The van der Waals surface area contributed by atoms with Crippen molar-refractivity contribution in [2.24, 2.45) is 0 Å². The number of hydrogen-bond donors (Lipinski definition) is 2. The molecule has 0 spiro atoms. The number of benzene rings is 3. The predicted octanol–water partition coefficient (Wildman–Crippen LogP) is 5.50. The third-order valence-electron chi connectivity index (χ3n) is 4.40. The van der Waals surface area contributed by atoms with Crippen molar-refractivity contribution in [3.8, 4) is 11.3 Å². The van der Waals surface area contributed by atoms with Gasteiger partial charge >= 0.3 is 0 Å². The molecule has 0 aliphatic rings. The van der Waals surface area contributed by atoms with Gasteiger partial charge < -0.3 is 5.32 Å². The normalized spacial score (nSPS) is 11.2. The zero-order valence-electron chi connectivity index (χ0n) is 15.2. The molecule has 0 aliphatic carbocycles. The number of aromatic amines is 1. The molecule has 0 bridgehead atoms. The molecule has 1 aromatic heterocycles. The molecule has 0 unspecified atom stereocenters. The Kier molecular flexibility index (Phi) is 4.72. The first kappa shape index (κ1) is 17.7. The number of amides is 1. The van der Waals surface area contributed by atoms with Crippen LogP contribution in [0.15, 0.2) is 66.7 Å². The molecule has 138 valence electrons. The van der Waals surface area contributed by atoms with Gasteiger partial charge in [0, 0.05) is 23.6 Å². The number of hydrogen-bond acceptors (Lipinski definition) is 2. The van der Waals surface area contributed by atoms with Gasteiger partial charge in [0.15, 0.2) is 0 Å². The Labute approximate surface area is 161 Å². The second-order valence-electron chi connectivity index (χ2n) is 6.52. The highest BCUT2D eigenvalue weighted by Gasteiger charge is 2.08. The highest BCUT2D eigenvalue weighted by atomic mass is 19.1. The van der Waals surface area contributed by atoms with E-state index in [2.05, 4.69) is 21.6 Å². The van der Waals surface area contributed by atoms with Crippen LogP contribution >= 0.6 is 0 Å². The van der Waals surface area contributed by atoms with E-state index in [4.69, 9.17) is 0 Å². The van der Waals surface area contributed by atoms with Gasteiger partial charge in [-0.1, -0.05) is 30.4 Å². The molecule has 0 fully saturated rings. The maximum absolute atomic E-state index is 13.2. The van der Waals surface area contributed by atoms with E-state index in [1.807, 2.05) is 48.6 Å². The first-order chi connectivity index (χ1) is 13.6. The van der Waals surface area contributed by atoms with Crippen LogP contribution in [0.5, 0.6) is 0 Å². The third kappa shape index (κ3) is 3.83. The Hall–Kier alpha value is -3.73. The second kappa shape index (κ2) is 7.48. The molecule has 3 aromatic carbocycles. The number of H-pyrrole nitrogens is 1. The summed E-state index contributed by atoms with van der Waals surface area (Å²) >= 11 is 0. The molecule has 0 radical (unpaired) electrons. The van der Waals surface area contributed by atoms with Gasteiger partial charge in [0.25, 0.3) is 0 Å². The fourth-order valence-electron chi connectivity index (χ4n) is 3.04. The number of nitrogens with one attached hydrogen (secondary N) is 2. The summed E-state index contributed by atoms with van der Waals surface area (Å²) in [7, 11) is 0. The van der Waals surface area contributed by atoms with Crippen LogP contribution in [0.2, 0.25) is 0 Å². The molecule has 2 N–H and O–H groups in total. The Morgan fingerprint density at radius 3 is 2.36 bits per heavy atom.